The average Bonchev–Trinajstić information content (AvgIpc) is 2.30. The summed E-state index contributed by atoms with van der Waals surface area (Å²) < 4.78 is 5.41. The Labute approximate surface area is 104 Å². The van der Waals surface area contributed by atoms with Crippen molar-refractivity contribution in [1.29, 1.82) is 0 Å². The third kappa shape index (κ3) is 4.59. The maximum absolute atomic E-state index is 5.41. The number of nitrogens with zero attached hydrogens (tertiary/aromatic N) is 1. The van der Waals surface area contributed by atoms with Gasteiger partial charge in [-0.2, -0.15) is 0 Å². The van der Waals surface area contributed by atoms with Crippen molar-refractivity contribution in [3.63, 3.8) is 0 Å². The minimum absolute atomic E-state index is 0.803. The molecule has 0 spiro atoms. The van der Waals surface area contributed by atoms with Crippen molar-refractivity contribution in [2.45, 2.75) is 13.1 Å². The van der Waals surface area contributed by atoms with Gasteiger partial charge in [0, 0.05) is 25.2 Å². The number of nitrogens with one attached hydrogen (secondary N) is 1. The molecule has 0 heterocycles. The normalized spacial score (nSPS) is 10.6. The third-order valence-electron chi connectivity index (χ3n) is 2.45. The second kappa shape index (κ2) is 7.09. The molecule has 0 saturated carbocycles. The highest BCUT2D eigenvalue weighted by Crippen LogP contribution is 2.20. The summed E-state index contributed by atoms with van der Waals surface area (Å²) in [5.41, 5.74) is 2.44. The highest BCUT2D eigenvalue weighted by atomic mass is 16.5. The van der Waals surface area contributed by atoms with Crippen LogP contribution in [0.4, 0.5) is 0 Å². The van der Waals surface area contributed by atoms with Crippen LogP contribution in [0.5, 0.6) is 5.75 Å². The van der Waals surface area contributed by atoms with E-state index in [-0.39, 0.29) is 0 Å². The maximum Gasteiger partial charge on any atom is 0.123 e. The number of methoxy groups -OCH3 is 1. The molecule has 1 aromatic rings. The molecule has 0 aliphatic rings. The highest BCUT2D eigenvalue weighted by molar-refractivity contribution is 5.37. The van der Waals surface area contributed by atoms with Crippen LogP contribution in [0.15, 0.2) is 30.9 Å². The lowest BCUT2D eigenvalue weighted by Gasteiger charge is -2.13. The third-order valence-corrected chi connectivity index (χ3v) is 2.45. The number of hydrogen-bond donors (Lipinski definition) is 1. The fourth-order valence-electron chi connectivity index (χ4n) is 1.71. The number of ether oxygens (including phenoxy) is 1. The zero-order valence-corrected chi connectivity index (χ0v) is 11.0. The first-order valence-electron chi connectivity index (χ1n) is 5.79. The quantitative estimate of drug-likeness (QED) is 0.577. The van der Waals surface area contributed by atoms with Crippen molar-refractivity contribution < 1.29 is 4.74 Å². The van der Waals surface area contributed by atoms with E-state index in [0.29, 0.717) is 0 Å². The van der Waals surface area contributed by atoms with Gasteiger partial charge in [0.25, 0.3) is 0 Å². The van der Waals surface area contributed by atoms with E-state index < -0.39 is 0 Å². The van der Waals surface area contributed by atoms with E-state index in [4.69, 9.17) is 4.74 Å². The molecule has 0 aliphatic heterocycles. The molecule has 0 radical (unpaired) electrons. The molecule has 3 heteroatoms. The molecule has 3 nitrogen and oxygen atoms in total. The Kier molecular flexibility index (Phi) is 5.73. The maximum atomic E-state index is 5.41. The molecule has 0 saturated heterocycles. The summed E-state index contributed by atoms with van der Waals surface area (Å²) in [4.78, 5) is 2.14. The zero-order chi connectivity index (χ0) is 12.7. The molecule has 17 heavy (non-hydrogen) atoms. The van der Waals surface area contributed by atoms with E-state index in [1.165, 1.54) is 11.1 Å². The SMILES string of the molecule is C=CCNCc1ccc(CN(C)C)cc1OC. The van der Waals surface area contributed by atoms with Crippen LogP contribution in [0.1, 0.15) is 11.1 Å². The Morgan fingerprint density at radius 3 is 2.76 bits per heavy atom. The van der Waals surface area contributed by atoms with Crippen LogP contribution in [0, 0.1) is 0 Å². The standard InChI is InChI=1S/C14H22N2O/c1-5-8-15-10-13-7-6-12(11-16(2)3)9-14(13)17-4/h5-7,9,15H,1,8,10-11H2,2-4H3. The van der Waals surface area contributed by atoms with Gasteiger partial charge in [-0.05, 0) is 25.7 Å². The number of benzene rings is 1. The van der Waals surface area contributed by atoms with Crippen LogP contribution in [-0.4, -0.2) is 32.6 Å². The van der Waals surface area contributed by atoms with Crippen LogP contribution in [0.2, 0.25) is 0 Å². The molecule has 0 atom stereocenters. The Morgan fingerprint density at radius 2 is 2.18 bits per heavy atom. The summed E-state index contributed by atoms with van der Waals surface area (Å²) in [5, 5.41) is 3.28. The Balaban J connectivity index is 2.74. The van der Waals surface area contributed by atoms with Crippen molar-refractivity contribution in [1.82, 2.24) is 10.2 Å². The molecule has 0 unspecified atom stereocenters. The van der Waals surface area contributed by atoms with Gasteiger partial charge >= 0.3 is 0 Å². The first-order chi connectivity index (χ1) is 8.17. The molecule has 0 aromatic heterocycles. The zero-order valence-electron chi connectivity index (χ0n) is 11.0. The van der Waals surface area contributed by atoms with Crippen LogP contribution >= 0.6 is 0 Å². The highest BCUT2D eigenvalue weighted by Gasteiger charge is 2.04. The smallest absolute Gasteiger partial charge is 0.123 e. The fraction of sp³-hybridized carbons (Fsp3) is 0.429. The molecule has 1 aromatic carbocycles. The van der Waals surface area contributed by atoms with E-state index in [1.54, 1.807) is 7.11 Å². The van der Waals surface area contributed by atoms with Gasteiger partial charge in [-0.25, -0.2) is 0 Å². The summed E-state index contributed by atoms with van der Waals surface area (Å²) >= 11 is 0. The molecule has 0 bridgehead atoms. The van der Waals surface area contributed by atoms with Crippen LogP contribution in [-0.2, 0) is 13.1 Å². The summed E-state index contributed by atoms with van der Waals surface area (Å²) in [6, 6.07) is 6.37. The van der Waals surface area contributed by atoms with Gasteiger partial charge in [0.05, 0.1) is 7.11 Å². The monoisotopic (exact) mass is 234 g/mol. The van der Waals surface area contributed by atoms with E-state index >= 15 is 0 Å². The van der Waals surface area contributed by atoms with Crippen molar-refractivity contribution in [3.8, 4) is 5.75 Å². The van der Waals surface area contributed by atoms with Gasteiger partial charge in [0.2, 0.25) is 0 Å². The van der Waals surface area contributed by atoms with Gasteiger partial charge in [0.15, 0.2) is 0 Å². The molecule has 1 rings (SSSR count). The average molecular weight is 234 g/mol. The lowest BCUT2D eigenvalue weighted by molar-refractivity contribution is 0.392. The van der Waals surface area contributed by atoms with E-state index in [2.05, 4.69) is 49.1 Å². The predicted molar refractivity (Wildman–Crippen MR) is 72.3 cm³/mol. The summed E-state index contributed by atoms with van der Waals surface area (Å²) in [5.74, 6) is 0.945. The van der Waals surface area contributed by atoms with Gasteiger partial charge in [-0.15, -0.1) is 6.58 Å². The lowest BCUT2D eigenvalue weighted by atomic mass is 10.1. The summed E-state index contributed by atoms with van der Waals surface area (Å²) in [6.07, 6.45) is 1.85. The van der Waals surface area contributed by atoms with Crippen molar-refractivity contribution in [3.05, 3.63) is 42.0 Å². The Morgan fingerprint density at radius 1 is 1.41 bits per heavy atom. The van der Waals surface area contributed by atoms with Crippen molar-refractivity contribution >= 4 is 0 Å². The largest absolute Gasteiger partial charge is 0.496 e. The van der Waals surface area contributed by atoms with Crippen LogP contribution in [0.3, 0.4) is 0 Å². The van der Waals surface area contributed by atoms with Crippen molar-refractivity contribution in [2.24, 2.45) is 0 Å². The number of rotatable bonds is 7. The molecular formula is C14H22N2O. The van der Waals surface area contributed by atoms with Gasteiger partial charge < -0.3 is 15.0 Å². The molecule has 0 fully saturated rings. The second-order valence-corrected chi connectivity index (χ2v) is 4.30. The van der Waals surface area contributed by atoms with Crippen LogP contribution < -0.4 is 10.1 Å². The predicted octanol–water partition coefficient (Wildman–Crippen LogP) is 2.03. The van der Waals surface area contributed by atoms with Crippen molar-refractivity contribution in [2.75, 3.05) is 27.7 Å². The molecule has 94 valence electrons. The first kappa shape index (κ1) is 13.7. The van der Waals surface area contributed by atoms with E-state index in [9.17, 15) is 0 Å². The van der Waals surface area contributed by atoms with E-state index in [1.807, 2.05) is 6.08 Å². The molecule has 0 aliphatic carbocycles. The summed E-state index contributed by atoms with van der Waals surface area (Å²) in [6.45, 7) is 6.22. The van der Waals surface area contributed by atoms with Gasteiger partial charge in [0.1, 0.15) is 5.75 Å². The lowest BCUT2D eigenvalue weighted by Crippen LogP contribution is -2.14. The summed E-state index contributed by atoms with van der Waals surface area (Å²) in [7, 11) is 5.84. The molecular weight excluding hydrogens is 212 g/mol. The molecule has 1 N–H and O–H groups in total. The minimum Gasteiger partial charge on any atom is -0.496 e. The minimum atomic E-state index is 0.803. The topological polar surface area (TPSA) is 24.5 Å². The Hall–Kier alpha value is -1.32. The van der Waals surface area contributed by atoms with Gasteiger partial charge in [-0.1, -0.05) is 18.2 Å². The van der Waals surface area contributed by atoms with Gasteiger partial charge in [-0.3, -0.25) is 0 Å². The van der Waals surface area contributed by atoms with Crippen LogP contribution in [0.25, 0.3) is 0 Å². The fourth-order valence-corrected chi connectivity index (χ4v) is 1.71. The Bertz CT molecular complexity index is 361. The number of hydrogen-bond acceptors (Lipinski definition) is 3. The molecule has 0 amide bonds. The second-order valence-electron chi connectivity index (χ2n) is 4.30. The van der Waals surface area contributed by atoms with E-state index in [0.717, 1.165) is 25.4 Å². The first-order valence-corrected chi connectivity index (χ1v) is 5.79.